The normalized spacial score (nSPS) is 19.6. The van der Waals surface area contributed by atoms with Crippen LogP contribution in [0.15, 0.2) is 12.2 Å². The van der Waals surface area contributed by atoms with Gasteiger partial charge in [0.05, 0.1) is 7.11 Å². The van der Waals surface area contributed by atoms with E-state index in [1.54, 1.807) is 6.08 Å². The second-order valence-corrected chi connectivity index (χ2v) is 4.66. The number of likely N-dealkylation sites (N-methyl/N-ethyl adjacent to an activating group) is 1. The SMILES string of the molecule is CNC(=O)C(O)(C/C=C/CN1CCNCC1)C(=O)OC. The van der Waals surface area contributed by atoms with Crippen LogP contribution in [-0.4, -0.2) is 74.4 Å². The molecule has 0 radical (unpaired) electrons. The molecule has 7 heteroatoms. The third-order valence-corrected chi connectivity index (χ3v) is 3.28. The topological polar surface area (TPSA) is 90.9 Å². The number of methoxy groups -OCH3 is 1. The van der Waals surface area contributed by atoms with Crippen molar-refractivity contribution in [3.05, 3.63) is 12.2 Å². The molecule has 3 N–H and O–H groups in total. The van der Waals surface area contributed by atoms with E-state index in [0.29, 0.717) is 0 Å². The average molecular weight is 285 g/mol. The molecule has 1 aliphatic rings. The van der Waals surface area contributed by atoms with Crippen LogP contribution in [0, 0.1) is 0 Å². The maximum Gasteiger partial charge on any atom is 0.348 e. The molecular formula is C13H23N3O4. The number of amides is 1. The molecule has 20 heavy (non-hydrogen) atoms. The summed E-state index contributed by atoms with van der Waals surface area (Å²) in [6.07, 6.45) is 3.38. The first-order valence-electron chi connectivity index (χ1n) is 6.65. The predicted molar refractivity (Wildman–Crippen MR) is 74.1 cm³/mol. The van der Waals surface area contributed by atoms with Gasteiger partial charge < -0.3 is 20.5 Å². The zero-order chi connectivity index (χ0) is 15.0. The Morgan fingerprint density at radius 2 is 2.05 bits per heavy atom. The zero-order valence-corrected chi connectivity index (χ0v) is 12.0. The Hall–Kier alpha value is -1.44. The highest BCUT2D eigenvalue weighted by Crippen LogP contribution is 2.14. The summed E-state index contributed by atoms with van der Waals surface area (Å²) >= 11 is 0. The van der Waals surface area contributed by atoms with Crippen molar-refractivity contribution < 1.29 is 19.4 Å². The number of carbonyl (C=O) groups excluding carboxylic acids is 2. The molecule has 1 aliphatic heterocycles. The molecular weight excluding hydrogens is 262 g/mol. The van der Waals surface area contributed by atoms with Gasteiger partial charge in [-0.25, -0.2) is 4.79 Å². The summed E-state index contributed by atoms with van der Waals surface area (Å²) in [5, 5.41) is 15.6. The van der Waals surface area contributed by atoms with Crippen molar-refractivity contribution in [1.29, 1.82) is 0 Å². The first-order chi connectivity index (χ1) is 9.54. The molecule has 1 unspecified atom stereocenters. The van der Waals surface area contributed by atoms with Crippen LogP contribution in [-0.2, 0) is 14.3 Å². The first kappa shape index (κ1) is 16.6. The number of esters is 1. The summed E-state index contributed by atoms with van der Waals surface area (Å²) < 4.78 is 4.48. The monoisotopic (exact) mass is 285 g/mol. The van der Waals surface area contributed by atoms with E-state index in [0.717, 1.165) is 39.8 Å². The van der Waals surface area contributed by atoms with Gasteiger partial charge in [-0.3, -0.25) is 9.69 Å². The van der Waals surface area contributed by atoms with Crippen molar-refractivity contribution in [2.75, 3.05) is 46.9 Å². The van der Waals surface area contributed by atoms with Gasteiger partial charge in [0, 0.05) is 46.2 Å². The molecule has 0 aromatic rings. The van der Waals surface area contributed by atoms with Crippen molar-refractivity contribution in [1.82, 2.24) is 15.5 Å². The van der Waals surface area contributed by atoms with Gasteiger partial charge in [0.15, 0.2) is 0 Å². The Labute approximate surface area is 119 Å². The highest BCUT2D eigenvalue weighted by molar-refractivity contribution is 6.05. The van der Waals surface area contributed by atoms with E-state index in [-0.39, 0.29) is 6.42 Å². The van der Waals surface area contributed by atoms with Gasteiger partial charge in [-0.05, 0) is 0 Å². The quantitative estimate of drug-likeness (QED) is 0.312. The van der Waals surface area contributed by atoms with Crippen LogP contribution < -0.4 is 10.6 Å². The second kappa shape index (κ2) is 7.98. The number of ether oxygens (including phenoxy) is 1. The summed E-state index contributed by atoms with van der Waals surface area (Å²) in [6.45, 7) is 4.56. The number of aliphatic hydroxyl groups is 1. The molecule has 1 heterocycles. The lowest BCUT2D eigenvalue weighted by Crippen LogP contribution is -2.52. The van der Waals surface area contributed by atoms with Crippen molar-refractivity contribution in [2.45, 2.75) is 12.0 Å². The smallest absolute Gasteiger partial charge is 0.348 e. The minimum Gasteiger partial charge on any atom is -0.466 e. The molecule has 0 bridgehead atoms. The average Bonchev–Trinajstić information content (AvgIpc) is 2.50. The van der Waals surface area contributed by atoms with Crippen LogP contribution in [0.1, 0.15) is 6.42 Å². The van der Waals surface area contributed by atoms with Crippen LogP contribution >= 0.6 is 0 Å². The molecule has 0 aromatic carbocycles. The third-order valence-electron chi connectivity index (χ3n) is 3.28. The lowest BCUT2D eigenvalue weighted by atomic mass is 9.98. The lowest BCUT2D eigenvalue weighted by molar-refractivity contribution is -0.168. The molecule has 0 spiro atoms. The molecule has 0 aliphatic carbocycles. The molecule has 114 valence electrons. The Kier molecular flexibility index (Phi) is 6.63. The van der Waals surface area contributed by atoms with E-state index in [4.69, 9.17) is 0 Å². The van der Waals surface area contributed by atoms with Gasteiger partial charge in [-0.2, -0.15) is 0 Å². The Morgan fingerprint density at radius 1 is 1.40 bits per heavy atom. The largest absolute Gasteiger partial charge is 0.466 e. The van der Waals surface area contributed by atoms with E-state index in [1.165, 1.54) is 7.05 Å². The molecule has 1 atom stereocenters. The number of carbonyl (C=O) groups is 2. The van der Waals surface area contributed by atoms with Crippen LogP contribution in [0.25, 0.3) is 0 Å². The molecule has 7 nitrogen and oxygen atoms in total. The van der Waals surface area contributed by atoms with Crippen molar-refractivity contribution in [3.63, 3.8) is 0 Å². The Morgan fingerprint density at radius 3 is 2.60 bits per heavy atom. The number of piperazine rings is 1. The zero-order valence-electron chi connectivity index (χ0n) is 12.0. The Bertz CT molecular complexity index is 349. The van der Waals surface area contributed by atoms with E-state index in [1.807, 2.05) is 6.08 Å². The first-order valence-corrected chi connectivity index (χ1v) is 6.65. The number of hydrogen-bond acceptors (Lipinski definition) is 6. The summed E-state index contributed by atoms with van der Waals surface area (Å²) in [7, 11) is 2.50. The molecule has 1 rings (SSSR count). The van der Waals surface area contributed by atoms with E-state index in [2.05, 4.69) is 20.3 Å². The summed E-state index contributed by atoms with van der Waals surface area (Å²) in [5.41, 5.74) is -2.16. The van der Waals surface area contributed by atoms with Gasteiger partial charge in [0.25, 0.3) is 5.91 Å². The van der Waals surface area contributed by atoms with Crippen molar-refractivity contribution in [2.24, 2.45) is 0 Å². The summed E-state index contributed by atoms with van der Waals surface area (Å²) in [5.74, 6) is -1.72. The van der Waals surface area contributed by atoms with Gasteiger partial charge in [-0.15, -0.1) is 0 Å². The number of nitrogens with one attached hydrogen (secondary N) is 2. The van der Waals surface area contributed by atoms with E-state index in [9.17, 15) is 14.7 Å². The minimum atomic E-state index is -2.16. The number of rotatable bonds is 6. The van der Waals surface area contributed by atoms with Gasteiger partial charge >= 0.3 is 5.97 Å². The minimum absolute atomic E-state index is 0.106. The molecule has 1 amide bonds. The van der Waals surface area contributed by atoms with Crippen molar-refractivity contribution in [3.8, 4) is 0 Å². The number of nitrogens with zero attached hydrogens (tertiary/aromatic N) is 1. The van der Waals surface area contributed by atoms with Crippen LogP contribution in [0.4, 0.5) is 0 Å². The highest BCUT2D eigenvalue weighted by Gasteiger charge is 2.43. The molecule has 0 aromatic heterocycles. The van der Waals surface area contributed by atoms with Crippen molar-refractivity contribution >= 4 is 11.9 Å². The lowest BCUT2D eigenvalue weighted by Gasteiger charge is -2.26. The maximum absolute atomic E-state index is 11.6. The molecule has 0 saturated carbocycles. The van der Waals surface area contributed by atoms with Gasteiger partial charge in [0.1, 0.15) is 0 Å². The fourth-order valence-corrected chi connectivity index (χ4v) is 2.02. The van der Waals surface area contributed by atoms with Crippen LogP contribution in [0.2, 0.25) is 0 Å². The standard InChI is InChI=1S/C13H23N3O4/c1-14-11(17)13(19,12(18)20-2)5-3-4-8-16-9-6-15-7-10-16/h3-4,15,19H,5-10H2,1-2H3,(H,14,17)/b4-3+. The van der Waals surface area contributed by atoms with E-state index < -0.39 is 17.5 Å². The fraction of sp³-hybridized carbons (Fsp3) is 0.692. The summed E-state index contributed by atoms with van der Waals surface area (Å²) in [6, 6.07) is 0. The second-order valence-electron chi connectivity index (χ2n) is 4.66. The van der Waals surface area contributed by atoms with E-state index >= 15 is 0 Å². The molecule has 1 fully saturated rings. The number of hydrogen-bond donors (Lipinski definition) is 3. The Balaban J connectivity index is 2.53. The maximum atomic E-state index is 11.6. The summed E-state index contributed by atoms with van der Waals surface area (Å²) in [4.78, 5) is 25.4. The third kappa shape index (κ3) is 4.29. The van der Waals surface area contributed by atoms with Crippen LogP contribution in [0.5, 0.6) is 0 Å². The predicted octanol–water partition coefficient (Wildman–Crippen LogP) is -1.51. The molecule has 1 saturated heterocycles. The van der Waals surface area contributed by atoms with Gasteiger partial charge in [0.2, 0.25) is 5.60 Å². The van der Waals surface area contributed by atoms with Gasteiger partial charge in [-0.1, -0.05) is 12.2 Å². The fourth-order valence-electron chi connectivity index (χ4n) is 2.02. The van der Waals surface area contributed by atoms with Crippen LogP contribution in [0.3, 0.4) is 0 Å². The highest BCUT2D eigenvalue weighted by atomic mass is 16.5.